The second kappa shape index (κ2) is 6.87. The number of nitrogens with zero attached hydrogens (tertiary/aromatic N) is 1. The Morgan fingerprint density at radius 1 is 1.21 bits per heavy atom. The number of thiazole rings is 1. The van der Waals surface area contributed by atoms with E-state index in [1.807, 2.05) is 43.7 Å². The van der Waals surface area contributed by atoms with Crippen LogP contribution in [0.15, 0.2) is 44.8 Å². The van der Waals surface area contributed by atoms with Crippen LogP contribution in [0.2, 0.25) is 0 Å². The van der Waals surface area contributed by atoms with Crippen molar-refractivity contribution in [3.05, 3.63) is 46.3 Å². The Morgan fingerprint density at radius 3 is 2.62 bits per heavy atom. The first-order valence-electron chi connectivity index (χ1n) is 7.09. The molecule has 0 bridgehead atoms. The number of hydrogen-bond donors (Lipinski definition) is 1. The summed E-state index contributed by atoms with van der Waals surface area (Å²) in [6.07, 6.45) is 1.92. The Bertz CT molecular complexity index is 954. The van der Waals surface area contributed by atoms with Gasteiger partial charge in [-0.3, -0.25) is 4.72 Å². The molecular weight excluding hydrogens is 380 g/mol. The maximum absolute atomic E-state index is 12.7. The molecule has 0 unspecified atom stereocenters. The maximum atomic E-state index is 12.7. The second-order valence-corrected chi connectivity index (χ2v) is 9.99. The molecule has 0 fully saturated rings. The standard InChI is InChI=1S/C16H16N2O2S4/c1-10-11(2)23-16(17-10)12-8-15(22-9-12)24(19,20)18-13-6-4-5-7-14(13)21-3/h4-9,18H,1-3H3. The number of aryl methyl sites for hydroxylation is 2. The quantitative estimate of drug-likeness (QED) is 0.616. The number of anilines is 1. The molecule has 0 spiro atoms. The monoisotopic (exact) mass is 396 g/mol. The molecular formula is C16H16N2O2S4. The normalized spacial score (nSPS) is 11.6. The number of nitrogens with one attached hydrogen (secondary N) is 1. The molecule has 0 aliphatic rings. The Labute approximate surface area is 154 Å². The van der Waals surface area contributed by atoms with Gasteiger partial charge in [-0.1, -0.05) is 12.1 Å². The third-order valence-electron chi connectivity index (χ3n) is 3.47. The molecule has 0 saturated carbocycles. The van der Waals surface area contributed by atoms with Crippen molar-refractivity contribution < 1.29 is 8.42 Å². The average molecular weight is 397 g/mol. The van der Waals surface area contributed by atoms with Gasteiger partial charge in [0.15, 0.2) is 0 Å². The summed E-state index contributed by atoms with van der Waals surface area (Å²) in [5.74, 6) is 0. The minimum atomic E-state index is -3.60. The van der Waals surface area contributed by atoms with Crippen LogP contribution in [0.1, 0.15) is 10.6 Å². The summed E-state index contributed by atoms with van der Waals surface area (Å²) in [6.45, 7) is 3.97. The largest absolute Gasteiger partial charge is 0.278 e. The lowest BCUT2D eigenvalue weighted by atomic mass is 10.3. The van der Waals surface area contributed by atoms with Crippen LogP contribution in [-0.2, 0) is 10.0 Å². The van der Waals surface area contributed by atoms with Gasteiger partial charge in [-0.05, 0) is 38.3 Å². The minimum absolute atomic E-state index is 0.291. The SMILES string of the molecule is CSc1ccccc1NS(=O)(=O)c1cc(-c2nc(C)c(C)s2)cs1. The van der Waals surface area contributed by atoms with Gasteiger partial charge in [-0.25, -0.2) is 13.4 Å². The molecule has 1 aromatic carbocycles. The van der Waals surface area contributed by atoms with E-state index in [-0.39, 0.29) is 0 Å². The minimum Gasteiger partial charge on any atom is -0.278 e. The van der Waals surface area contributed by atoms with E-state index in [1.54, 1.807) is 23.5 Å². The first-order valence-corrected chi connectivity index (χ1v) is 11.5. The molecule has 3 rings (SSSR count). The number of para-hydroxylation sites is 1. The molecule has 0 aliphatic carbocycles. The van der Waals surface area contributed by atoms with Gasteiger partial charge in [0.2, 0.25) is 0 Å². The van der Waals surface area contributed by atoms with E-state index in [0.29, 0.717) is 9.90 Å². The lowest BCUT2D eigenvalue weighted by molar-refractivity contribution is 0.603. The van der Waals surface area contributed by atoms with Crippen LogP contribution in [0.3, 0.4) is 0 Å². The fourth-order valence-corrected chi connectivity index (χ4v) is 5.93. The highest BCUT2D eigenvalue weighted by Crippen LogP contribution is 2.34. The van der Waals surface area contributed by atoms with Crippen molar-refractivity contribution in [1.29, 1.82) is 0 Å². The van der Waals surface area contributed by atoms with Crippen molar-refractivity contribution in [1.82, 2.24) is 4.98 Å². The zero-order chi connectivity index (χ0) is 17.3. The highest BCUT2D eigenvalue weighted by molar-refractivity contribution is 7.99. The van der Waals surface area contributed by atoms with Gasteiger partial charge < -0.3 is 0 Å². The van der Waals surface area contributed by atoms with Crippen molar-refractivity contribution in [3.8, 4) is 10.6 Å². The lowest BCUT2D eigenvalue weighted by Gasteiger charge is -2.09. The number of aromatic nitrogens is 1. The van der Waals surface area contributed by atoms with E-state index < -0.39 is 10.0 Å². The van der Waals surface area contributed by atoms with Crippen molar-refractivity contribution >= 4 is 50.1 Å². The predicted octanol–water partition coefficient (Wildman–Crippen LogP) is 5.01. The smallest absolute Gasteiger partial charge is 0.271 e. The van der Waals surface area contributed by atoms with E-state index in [4.69, 9.17) is 0 Å². The molecule has 1 N–H and O–H groups in total. The van der Waals surface area contributed by atoms with Crippen LogP contribution in [0.25, 0.3) is 10.6 Å². The highest BCUT2D eigenvalue weighted by atomic mass is 32.2. The van der Waals surface area contributed by atoms with E-state index >= 15 is 0 Å². The van der Waals surface area contributed by atoms with Gasteiger partial charge in [0, 0.05) is 20.7 Å². The lowest BCUT2D eigenvalue weighted by Crippen LogP contribution is -2.12. The summed E-state index contributed by atoms with van der Waals surface area (Å²) in [6, 6.07) is 9.06. The van der Waals surface area contributed by atoms with E-state index in [9.17, 15) is 8.42 Å². The maximum Gasteiger partial charge on any atom is 0.271 e. The molecule has 2 aromatic heterocycles. The van der Waals surface area contributed by atoms with Gasteiger partial charge >= 0.3 is 0 Å². The molecule has 0 atom stereocenters. The zero-order valence-corrected chi connectivity index (χ0v) is 16.6. The van der Waals surface area contributed by atoms with Gasteiger partial charge in [0.05, 0.1) is 11.4 Å². The molecule has 0 aliphatic heterocycles. The Hall–Kier alpha value is -1.35. The topological polar surface area (TPSA) is 59.1 Å². The zero-order valence-electron chi connectivity index (χ0n) is 13.4. The van der Waals surface area contributed by atoms with Crippen molar-refractivity contribution in [2.24, 2.45) is 0 Å². The molecule has 2 heterocycles. The number of sulfonamides is 1. The molecule has 0 radical (unpaired) electrons. The van der Waals surface area contributed by atoms with Crippen LogP contribution >= 0.6 is 34.4 Å². The van der Waals surface area contributed by atoms with E-state index in [0.717, 1.165) is 26.0 Å². The van der Waals surface area contributed by atoms with Crippen LogP contribution in [0.4, 0.5) is 5.69 Å². The molecule has 4 nitrogen and oxygen atoms in total. The van der Waals surface area contributed by atoms with Gasteiger partial charge in [0.1, 0.15) is 9.22 Å². The Kier molecular flexibility index (Phi) is 5.00. The van der Waals surface area contributed by atoms with E-state index in [2.05, 4.69) is 9.71 Å². The first kappa shape index (κ1) is 17.5. The van der Waals surface area contributed by atoms with Crippen LogP contribution < -0.4 is 4.72 Å². The predicted molar refractivity (Wildman–Crippen MR) is 104 cm³/mol. The molecule has 0 saturated heterocycles. The molecule has 24 heavy (non-hydrogen) atoms. The highest BCUT2D eigenvalue weighted by Gasteiger charge is 2.20. The molecule has 126 valence electrons. The molecule has 0 amide bonds. The fraction of sp³-hybridized carbons (Fsp3) is 0.188. The number of benzene rings is 1. The Morgan fingerprint density at radius 2 is 1.96 bits per heavy atom. The van der Waals surface area contributed by atoms with Gasteiger partial charge in [-0.2, -0.15) is 0 Å². The third kappa shape index (κ3) is 3.51. The first-order chi connectivity index (χ1) is 11.4. The Balaban J connectivity index is 1.91. The molecule has 8 heteroatoms. The third-order valence-corrected chi connectivity index (χ3v) is 8.19. The summed E-state index contributed by atoms with van der Waals surface area (Å²) in [4.78, 5) is 6.53. The summed E-state index contributed by atoms with van der Waals surface area (Å²) in [5, 5.41) is 2.69. The van der Waals surface area contributed by atoms with Gasteiger partial charge in [-0.15, -0.1) is 34.4 Å². The van der Waals surface area contributed by atoms with E-state index in [1.165, 1.54) is 23.1 Å². The summed E-state index contributed by atoms with van der Waals surface area (Å²) in [7, 11) is -3.60. The van der Waals surface area contributed by atoms with Crippen molar-refractivity contribution in [3.63, 3.8) is 0 Å². The fourth-order valence-electron chi connectivity index (χ4n) is 2.09. The molecule has 3 aromatic rings. The summed E-state index contributed by atoms with van der Waals surface area (Å²) < 4.78 is 28.3. The van der Waals surface area contributed by atoms with Crippen LogP contribution in [0.5, 0.6) is 0 Å². The number of thioether (sulfide) groups is 1. The van der Waals surface area contributed by atoms with Gasteiger partial charge in [0.25, 0.3) is 10.0 Å². The number of hydrogen-bond acceptors (Lipinski definition) is 6. The van der Waals surface area contributed by atoms with Crippen molar-refractivity contribution in [2.45, 2.75) is 23.0 Å². The average Bonchev–Trinajstić information content (AvgIpc) is 3.16. The second-order valence-electron chi connectivity index (χ2n) is 5.12. The van der Waals surface area contributed by atoms with Crippen LogP contribution in [0, 0.1) is 13.8 Å². The number of thiophene rings is 1. The summed E-state index contributed by atoms with van der Waals surface area (Å²) in [5.41, 5.74) is 2.43. The van der Waals surface area contributed by atoms with Crippen LogP contribution in [-0.4, -0.2) is 19.7 Å². The summed E-state index contributed by atoms with van der Waals surface area (Å²) >= 11 is 4.29. The van der Waals surface area contributed by atoms with Crippen molar-refractivity contribution in [2.75, 3.05) is 11.0 Å². The number of rotatable bonds is 5.